The highest BCUT2D eigenvalue weighted by atomic mass is 35.5. The fourth-order valence-electron chi connectivity index (χ4n) is 14.5. The van der Waals surface area contributed by atoms with Crippen molar-refractivity contribution in [1.29, 1.82) is 0 Å². The topological polar surface area (TPSA) is 34.1 Å². The van der Waals surface area contributed by atoms with Crippen LogP contribution in [0.15, 0.2) is 528 Å². The second-order valence-electron chi connectivity index (χ2n) is 28.9. The van der Waals surface area contributed by atoms with Crippen LogP contribution < -0.4 is 0 Å². The Labute approximate surface area is 756 Å². The zero-order valence-electron chi connectivity index (χ0n) is 67.6. The molecule has 0 aromatic heterocycles. The quantitative estimate of drug-likeness (QED) is 0.0471. The molecular weight excluding hydrogens is 1680 g/mol. The Morgan fingerprint density at radius 3 is 0.871 bits per heavy atom. The van der Waals surface area contributed by atoms with Gasteiger partial charge in [0.05, 0.1) is 20.9 Å². The lowest BCUT2D eigenvalue weighted by Gasteiger charge is -2.12. The molecule has 12 heteroatoms. The zero-order valence-corrected chi connectivity index (χ0v) is 74.0. The Morgan fingerprint density at radius 2 is 0.492 bits per heavy atom. The van der Waals surface area contributed by atoms with Crippen LogP contribution in [-0.2, 0) is 32.7 Å². The number of rotatable bonds is 23. The van der Waals surface area contributed by atoms with Crippen molar-refractivity contribution in [3.05, 3.63) is 488 Å². The smallest absolute Gasteiger partial charge is 0.202 e. The van der Waals surface area contributed by atoms with Crippen LogP contribution in [-0.4, -0.2) is 11.6 Å². The van der Waals surface area contributed by atoms with Crippen LogP contribution in [0.5, 0.6) is 0 Å². The first-order valence-corrected chi connectivity index (χ1v) is 47.2. The lowest BCUT2D eigenvalue weighted by Crippen LogP contribution is -2.07. The highest BCUT2D eigenvalue weighted by molar-refractivity contribution is 8.00. The molecule has 18 rings (SSSR count). The minimum absolute atomic E-state index is 0.0703. The summed E-state index contributed by atoms with van der Waals surface area (Å²) in [5, 5.41) is 1.53. The molecule has 602 valence electrons. The number of Topliss-reactive ketones (excluding diaryl/α,β-unsaturated/α-hetero) is 2. The summed E-state index contributed by atoms with van der Waals surface area (Å²) in [6.45, 7) is 3.23. The van der Waals surface area contributed by atoms with Crippen LogP contribution in [0.4, 0.5) is 8.78 Å². The molecule has 3 unspecified atom stereocenters. The molecule has 0 aliphatic rings. The van der Waals surface area contributed by atoms with E-state index in [1.54, 1.807) is 49.5 Å². The van der Waals surface area contributed by atoms with E-state index in [-0.39, 0.29) is 45.0 Å². The summed E-state index contributed by atoms with van der Waals surface area (Å²) in [6.07, 6.45) is 0. The molecule has 124 heavy (non-hydrogen) atoms. The summed E-state index contributed by atoms with van der Waals surface area (Å²) in [6, 6.07) is 153. The lowest BCUT2D eigenvalue weighted by atomic mass is 9.98. The van der Waals surface area contributed by atoms with E-state index < -0.39 is 10.9 Å². The van der Waals surface area contributed by atoms with Gasteiger partial charge in [-0.3, -0.25) is 9.59 Å². The summed E-state index contributed by atoms with van der Waals surface area (Å²) < 4.78 is 30.7. The molecule has 0 bridgehead atoms. The first-order valence-electron chi connectivity index (χ1n) is 40.3. The standard InChI is InChI=1S/C40H31O2S2.C36H25Cl2S2.C36H25F2S2/c1-28(41)37-12-6-8-14-39(37)30-16-20-32(21-17-30)43-33-22-26-36(27-23-33)44(34-10-4-3-5-11-34)35-24-18-31(19-25-35)40-15-9-7-13-38(40)29(2)42;2*37-33-24-28(26-10-4-1-5-11-26)16-22-35(33)39-30-18-20-32(21-19-30)40(31-14-8-3-9-15-31)36-23-17-29(25-34(36)38)27-12-6-2-7-13-27/h3-27H,1-2H3;2*1-25H/q3*+1. The normalized spacial score (nSPS) is 11.7. The van der Waals surface area contributed by atoms with Gasteiger partial charge in [0.2, 0.25) is 4.90 Å². The van der Waals surface area contributed by atoms with Crippen molar-refractivity contribution >= 4 is 103 Å². The summed E-state index contributed by atoms with van der Waals surface area (Å²) in [7, 11) is -1.26. The number of benzene rings is 18. The number of hydrogen-bond donors (Lipinski definition) is 0. The van der Waals surface area contributed by atoms with Gasteiger partial charge in [0.1, 0.15) is 27.6 Å². The van der Waals surface area contributed by atoms with E-state index in [1.165, 1.54) is 41.1 Å². The maximum Gasteiger partial charge on any atom is 0.202 e. The summed E-state index contributed by atoms with van der Waals surface area (Å²) in [4.78, 5) is 40.3. The van der Waals surface area contributed by atoms with Crippen LogP contribution in [0.2, 0.25) is 10.0 Å². The van der Waals surface area contributed by atoms with Crippen molar-refractivity contribution in [2.75, 3.05) is 0 Å². The molecule has 0 fully saturated rings. The van der Waals surface area contributed by atoms with Crippen LogP contribution >= 0.6 is 58.5 Å². The molecule has 18 aromatic rings. The Kier molecular flexibility index (Phi) is 28.5. The molecule has 0 saturated carbocycles. The third kappa shape index (κ3) is 21.2. The second-order valence-corrected chi connectivity index (χ2v) is 39.1. The molecule has 2 nitrogen and oxygen atoms in total. The first kappa shape index (κ1) is 85.4. The third-order valence-electron chi connectivity index (χ3n) is 20.6. The van der Waals surface area contributed by atoms with Crippen molar-refractivity contribution < 1.29 is 18.4 Å². The van der Waals surface area contributed by atoms with Crippen LogP contribution in [0.3, 0.4) is 0 Å². The van der Waals surface area contributed by atoms with Gasteiger partial charge < -0.3 is 0 Å². The molecule has 0 N–H and O–H groups in total. The first-order chi connectivity index (χ1) is 60.8. The highest BCUT2D eigenvalue weighted by Crippen LogP contribution is 2.44. The molecule has 0 saturated heterocycles. The monoisotopic (exact) mass is 1760 g/mol. The van der Waals surface area contributed by atoms with Crippen molar-refractivity contribution in [1.82, 2.24) is 0 Å². The number of carbonyl (C=O) groups is 2. The Morgan fingerprint density at radius 1 is 0.226 bits per heavy atom. The molecule has 18 aromatic carbocycles. The van der Waals surface area contributed by atoms with Gasteiger partial charge in [-0.1, -0.05) is 307 Å². The molecule has 0 aliphatic heterocycles. The van der Waals surface area contributed by atoms with Gasteiger partial charge in [0.25, 0.3) is 0 Å². The molecule has 0 amide bonds. The van der Waals surface area contributed by atoms with Gasteiger partial charge in [-0.05, 0) is 287 Å². The number of halogens is 4. The van der Waals surface area contributed by atoms with Crippen LogP contribution in [0, 0.1) is 11.6 Å². The predicted octanol–water partition coefficient (Wildman–Crippen LogP) is 32.8. The minimum Gasteiger partial charge on any atom is -0.294 e. The highest BCUT2D eigenvalue weighted by Gasteiger charge is 2.35. The lowest BCUT2D eigenvalue weighted by molar-refractivity contribution is 0.101. The van der Waals surface area contributed by atoms with Gasteiger partial charge in [-0.2, -0.15) is 0 Å². The van der Waals surface area contributed by atoms with E-state index in [2.05, 4.69) is 224 Å². The molecule has 3 atom stereocenters. The fourth-order valence-corrected chi connectivity index (χ4v) is 23.9. The third-order valence-corrected chi connectivity index (χ3v) is 31.4. The second kappa shape index (κ2) is 41.3. The number of hydrogen-bond acceptors (Lipinski definition) is 5. The van der Waals surface area contributed by atoms with Crippen LogP contribution in [0.25, 0.3) is 66.8 Å². The number of carbonyl (C=O) groups excluding carboxylic acids is 2. The largest absolute Gasteiger partial charge is 0.294 e. The van der Waals surface area contributed by atoms with Gasteiger partial charge in [-0.15, -0.1) is 0 Å². The fraction of sp³-hybridized carbons (Fsp3) is 0.0179. The van der Waals surface area contributed by atoms with Gasteiger partial charge in [0.15, 0.2) is 56.5 Å². The van der Waals surface area contributed by atoms with E-state index in [0.29, 0.717) is 9.79 Å². The van der Waals surface area contributed by atoms with Gasteiger partial charge in [0, 0.05) is 40.5 Å². The minimum atomic E-state index is -0.633. The van der Waals surface area contributed by atoms with E-state index in [1.807, 2.05) is 218 Å². The van der Waals surface area contributed by atoms with E-state index >= 15 is 8.78 Å². The van der Waals surface area contributed by atoms with E-state index in [0.717, 1.165) is 122 Å². The van der Waals surface area contributed by atoms with Crippen molar-refractivity contribution in [2.45, 2.75) is 87.3 Å². The van der Waals surface area contributed by atoms with E-state index in [9.17, 15) is 9.59 Å². The Bertz CT molecular complexity index is 6380. The van der Waals surface area contributed by atoms with E-state index in [4.69, 9.17) is 23.2 Å². The summed E-state index contributed by atoms with van der Waals surface area (Å²) >= 11 is 18.5. The maximum atomic E-state index is 15.7. The molecule has 0 radical (unpaired) electrons. The average molecular weight is 1760 g/mol. The zero-order chi connectivity index (χ0) is 85.1. The Balaban J connectivity index is 0.000000138. The molecular formula is C112H81Cl2F2O2S6+3. The van der Waals surface area contributed by atoms with Gasteiger partial charge in [-0.25, -0.2) is 8.78 Å². The predicted molar refractivity (Wildman–Crippen MR) is 519 cm³/mol. The average Bonchev–Trinajstić information content (AvgIpc) is 0.836. The SMILES string of the molecule is CC(=O)c1ccccc1-c1ccc(Sc2ccc([S+](c3ccccc3)c3ccc(-c4ccccc4C(C)=O)cc3)cc2)cc1.Clc1cc(-c2ccccc2)ccc1Sc1ccc([S+](c2ccccc2)c2ccc(-c3ccccc3)cc2Cl)cc1.Fc1cc(-c2ccccc2)ccc1Sc1ccc([S+](c2ccccc2)c2ccc(-c3ccccc3)cc2F)cc1. The summed E-state index contributed by atoms with van der Waals surface area (Å²) in [5.74, 6) is -0.337. The Hall–Kier alpha value is -12.2. The van der Waals surface area contributed by atoms with Crippen molar-refractivity contribution in [3.8, 4) is 66.8 Å². The number of ketones is 2. The summed E-state index contributed by atoms with van der Waals surface area (Å²) in [5.41, 5.74) is 13.7. The molecule has 0 spiro atoms. The van der Waals surface area contributed by atoms with Crippen molar-refractivity contribution in [3.63, 3.8) is 0 Å². The van der Waals surface area contributed by atoms with Crippen LogP contribution in [0.1, 0.15) is 34.6 Å². The molecule has 0 aliphatic carbocycles. The van der Waals surface area contributed by atoms with Gasteiger partial charge >= 0.3 is 0 Å². The van der Waals surface area contributed by atoms with Crippen molar-refractivity contribution in [2.24, 2.45) is 0 Å². The maximum absolute atomic E-state index is 15.7. The molecule has 0 heterocycles.